The van der Waals surface area contributed by atoms with E-state index >= 15 is 0 Å². The molecular formula is C29H32Cl3N5O4Si. The number of hydrogen-bond acceptors (Lipinski definition) is 8. The molecule has 1 saturated heterocycles. The van der Waals surface area contributed by atoms with Crippen LogP contribution in [0.1, 0.15) is 20.8 Å². The Bertz CT molecular complexity index is 1390. The van der Waals surface area contributed by atoms with E-state index in [-0.39, 0.29) is 23.4 Å². The number of carbonyl (C=O) groups is 2. The number of amides is 1. The fourth-order valence-electron chi connectivity index (χ4n) is 5.95. The number of guanidine groups is 1. The average Bonchev–Trinajstić information content (AvgIpc) is 3.46. The molecule has 13 heteroatoms. The van der Waals surface area contributed by atoms with Gasteiger partial charge in [0.2, 0.25) is 21.2 Å². The van der Waals surface area contributed by atoms with Gasteiger partial charge in [-0.2, -0.15) is 0 Å². The van der Waals surface area contributed by atoms with Crippen LogP contribution in [-0.4, -0.2) is 65.8 Å². The van der Waals surface area contributed by atoms with Crippen molar-refractivity contribution in [1.29, 1.82) is 0 Å². The molecule has 1 fully saturated rings. The van der Waals surface area contributed by atoms with E-state index in [1.165, 1.54) is 6.08 Å². The van der Waals surface area contributed by atoms with E-state index in [9.17, 15) is 9.59 Å². The molecule has 3 aliphatic heterocycles. The van der Waals surface area contributed by atoms with Crippen LogP contribution in [-0.2, 0) is 14.0 Å². The molecule has 0 radical (unpaired) electrons. The summed E-state index contributed by atoms with van der Waals surface area (Å²) in [5, 5.41) is 11.0. The normalized spacial score (nSPS) is 23.5. The highest BCUT2D eigenvalue weighted by molar-refractivity contribution is 6.99. The number of rotatable bonds is 6. The number of alkyl halides is 3. The molecule has 5 rings (SSSR count). The molecule has 3 atom stereocenters. The Labute approximate surface area is 261 Å². The maximum atomic E-state index is 13.4. The maximum absolute atomic E-state index is 13.4. The van der Waals surface area contributed by atoms with Gasteiger partial charge in [-0.1, -0.05) is 123 Å². The molecule has 0 aliphatic carbocycles. The van der Waals surface area contributed by atoms with Crippen LogP contribution < -0.4 is 26.3 Å². The van der Waals surface area contributed by atoms with Crippen molar-refractivity contribution < 1.29 is 18.8 Å². The number of nitrogens with one attached hydrogen (secondary N) is 3. The summed E-state index contributed by atoms with van der Waals surface area (Å²) in [5.74, 6) is 0.313. The highest BCUT2D eigenvalue weighted by atomic mass is 35.6. The Morgan fingerprint density at radius 2 is 1.69 bits per heavy atom. The minimum absolute atomic E-state index is 0.0858. The Morgan fingerprint density at radius 1 is 1.10 bits per heavy atom. The van der Waals surface area contributed by atoms with Crippen molar-refractivity contribution in [2.45, 2.75) is 47.3 Å². The molecule has 42 heavy (non-hydrogen) atoms. The summed E-state index contributed by atoms with van der Waals surface area (Å²) >= 11 is 17.2. The molecule has 1 spiro atoms. The topological polar surface area (TPSA) is 104 Å². The van der Waals surface area contributed by atoms with Crippen molar-refractivity contribution in [3.8, 4) is 0 Å². The Balaban J connectivity index is 1.55. The Morgan fingerprint density at radius 3 is 2.24 bits per heavy atom. The van der Waals surface area contributed by atoms with Crippen molar-refractivity contribution in [2.75, 3.05) is 13.2 Å². The lowest BCUT2D eigenvalue weighted by molar-refractivity contribution is -0.123. The second kappa shape index (κ2) is 11.2. The summed E-state index contributed by atoms with van der Waals surface area (Å²) in [6, 6.07) is 19.3. The van der Waals surface area contributed by atoms with E-state index < -0.39 is 42.6 Å². The van der Waals surface area contributed by atoms with Crippen LogP contribution in [0.2, 0.25) is 5.04 Å². The summed E-state index contributed by atoms with van der Waals surface area (Å²) in [6.45, 7) is 10.2. The standard InChI is InChI=1S/C29H32Cl3N5O4Si/c1-19-33-24-22(17-41-42(27(2,3)4,20-11-7-5-8-12-20)21-13-9-6-10-14-21)34-25(35-26(39)40-18-28(30,31)32)37-16-15-23(38)29(24,37)36-19/h5-16,22,24,33,36H,1,17-18H2,2-4H3,(H,34,35,39)/t22-,24-,29?/m0/s1. The van der Waals surface area contributed by atoms with E-state index in [0.29, 0.717) is 5.82 Å². The van der Waals surface area contributed by atoms with Crippen molar-refractivity contribution in [3.05, 3.63) is 85.3 Å². The first kappa shape index (κ1) is 30.4. The van der Waals surface area contributed by atoms with Crippen LogP contribution >= 0.6 is 34.8 Å². The fourth-order valence-corrected chi connectivity index (χ4v) is 10.7. The summed E-state index contributed by atoms with van der Waals surface area (Å²) in [6.07, 6.45) is 2.09. The molecule has 3 aliphatic rings. The van der Waals surface area contributed by atoms with E-state index in [0.717, 1.165) is 10.4 Å². The number of benzene rings is 2. The first-order valence-electron chi connectivity index (χ1n) is 13.4. The predicted octanol–water partition coefficient (Wildman–Crippen LogP) is 3.52. The van der Waals surface area contributed by atoms with E-state index in [1.54, 1.807) is 11.1 Å². The summed E-state index contributed by atoms with van der Waals surface area (Å²) < 4.78 is 10.5. The Hall–Kier alpha value is -3.02. The lowest BCUT2D eigenvalue weighted by Crippen LogP contribution is -2.73. The monoisotopic (exact) mass is 647 g/mol. The van der Waals surface area contributed by atoms with Crippen LogP contribution in [0.4, 0.5) is 4.79 Å². The van der Waals surface area contributed by atoms with Gasteiger partial charge in [0, 0.05) is 12.3 Å². The molecular weight excluding hydrogens is 617 g/mol. The van der Waals surface area contributed by atoms with Crippen LogP contribution in [0.3, 0.4) is 0 Å². The third-order valence-electron chi connectivity index (χ3n) is 7.62. The number of ketones is 1. The van der Waals surface area contributed by atoms with Crippen molar-refractivity contribution in [3.63, 3.8) is 0 Å². The van der Waals surface area contributed by atoms with Gasteiger partial charge in [-0.05, 0) is 15.4 Å². The summed E-state index contributed by atoms with van der Waals surface area (Å²) in [4.78, 5) is 32.6. The Kier molecular flexibility index (Phi) is 8.14. The van der Waals surface area contributed by atoms with Crippen molar-refractivity contribution in [1.82, 2.24) is 20.9 Å². The minimum Gasteiger partial charge on any atom is -0.445 e. The number of ether oxygens (including phenoxy) is 1. The van der Waals surface area contributed by atoms with Gasteiger partial charge in [-0.25, -0.2) is 9.79 Å². The summed E-state index contributed by atoms with van der Waals surface area (Å²) in [5.41, 5.74) is -1.31. The van der Waals surface area contributed by atoms with Crippen LogP contribution in [0.5, 0.6) is 0 Å². The lowest BCUT2D eigenvalue weighted by Gasteiger charge is -2.47. The van der Waals surface area contributed by atoms with Gasteiger partial charge < -0.3 is 19.8 Å². The molecule has 0 aromatic heterocycles. The number of carbonyl (C=O) groups excluding carboxylic acids is 2. The zero-order valence-electron chi connectivity index (χ0n) is 23.4. The van der Waals surface area contributed by atoms with Gasteiger partial charge >= 0.3 is 6.09 Å². The molecule has 3 heterocycles. The molecule has 9 nitrogen and oxygen atoms in total. The zero-order valence-corrected chi connectivity index (χ0v) is 26.6. The third-order valence-corrected chi connectivity index (χ3v) is 13.0. The van der Waals surface area contributed by atoms with Gasteiger partial charge in [0.25, 0.3) is 8.32 Å². The van der Waals surface area contributed by atoms with E-state index in [4.69, 9.17) is 49.0 Å². The van der Waals surface area contributed by atoms with E-state index in [1.807, 2.05) is 36.4 Å². The highest BCUT2D eigenvalue weighted by Gasteiger charge is 2.62. The van der Waals surface area contributed by atoms with Gasteiger partial charge in [0.05, 0.1) is 12.4 Å². The lowest BCUT2D eigenvalue weighted by atomic mass is 9.90. The molecule has 2 aromatic rings. The molecule has 1 unspecified atom stereocenters. The second-order valence-electron chi connectivity index (χ2n) is 11.4. The zero-order chi connectivity index (χ0) is 30.3. The maximum Gasteiger partial charge on any atom is 0.414 e. The van der Waals surface area contributed by atoms with Gasteiger partial charge in [0.15, 0.2) is 0 Å². The first-order valence-corrected chi connectivity index (χ1v) is 16.4. The average molecular weight is 649 g/mol. The van der Waals surface area contributed by atoms with Crippen LogP contribution in [0, 0.1) is 0 Å². The molecule has 222 valence electrons. The number of nitrogens with zero attached hydrogens (tertiary/aromatic N) is 2. The molecule has 3 N–H and O–H groups in total. The van der Waals surface area contributed by atoms with Gasteiger partial charge in [-0.15, -0.1) is 0 Å². The quantitative estimate of drug-likeness (QED) is 0.325. The highest BCUT2D eigenvalue weighted by Crippen LogP contribution is 2.40. The fraction of sp³-hybridized carbons (Fsp3) is 0.345. The number of hydrogen-bond donors (Lipinski definition) is 3. The minimum atomic E-state index is -2.94. The van der Waals surface area contributed by atoms with Crippen LogP contribution in [0.25, 0.3) is 0 Å². The molecule has 0 bridgehead atoms. The second-order valence-corrected chi connectivity index (χ2v) is 18.2. The largest absolute Gasteiger partial charge is 0.445 e. The van der Waals surface area contributed by atoms with Gasteiger partial charge in [-0.3, -0.25) is 15.0 Å². The number of aliphatic imine (C=N–C) groups is 1. The van der Waals surface area contributed by atoms with Gasteiger partial charge in [0.1, 0.15) is 18.7 Å². The van der Waals surface area contributed by atoms with Crippen molar-refractivity contribution >= 4 is 71.3 Å². The third kappa shape index (κ3) is 5.42. The predicted molar refractivity (Wildman–Crippen MR) is 167 cm³/mol. The first-order chi connectivity index (χ1) is 19.8. The summed E-state index contributed by atoms with van der Waals surface area (Å²) in [7, 11) is -2.94. The number of halogens is 3. The van der Waals surface area contributed by atoms with E-state index in [2.05, 4.69) is 67.6 Å². The molecule has 0 saturated carbocycles. The molecule has 1 amide bonds. The van der Waals surface area contributed by atoms with Crippen LogP contribution in [0.15, 0.2) is 90.3 Å². The van der Waals surface area contributed by atoms with Crippen molar-refractivity contribution in [2.24, 2.45) is 4.99 Å². The number of alkyl carbamates (subject to hydrolysis) is 1. The molecule has 2 aromatic carbocycles. The smallest absolute Gasteiger partial charge is 0.414 e. The SMILES string of the molecule is C=C1N[C@H]2[C@H](CO[Si](c3ccccc3)(c3ccccc3)C(C)(C)C)N=C(NC(=O)OCC(Cl)(Cl)Cl)N3C=CC(=O)C23N1.